The number of sulfone groups is 1. The summed E-state index contributed by atoms with van der Waals surface area (Å²) in [5.74, 6) is -0.408. The molecule has 6 nitrogen and oxygen atoms in total. The Labute approximate surface area is 219 Å². The lowest BCUT2D eigenvalue weighted by molar-refractivity contribution is -0.188. The van der Waals surface area contributed by atoms with Crippen molar-refractivity contribution in [2.45, 2.75) is 45.4 Å². The maximum atomic E-state index is 13.6. The Bertz CT molecular complexity index is 1360. The number of ether oxygens (including phenoxy) is 2. The Morgan fingerprint density at radius 3 is 1.41 bits per heavy atom. The molecule has 2 aromatic carbocycles. The number of halogens is 6. The zero-order valence-corrected chi connectivity index (χ0v) is 20.7. The molecular weight excluding hydrogens is 550 g/mol. The van der Waals surface area contributed by atoms with Crippen molar-refractivity contribution in [2.75, 3.05) is 0 Å². The molecule has 13 heteroatoms. The number of rotatable bonds is 6. The van der Waals surface area contributed by atoms with Gasteiger partial charge < -0.3 is 20.9 Å². The molecule has 0 amide bonds. The lowest BCUT2D eigenvalue weighted by atomic mass is 9.88. The van der Waals surface area contributed by atoms with E-state index in [1.54, 1.807) is 0 Å². The van der Waals surface area contributed by atoms with Crippen LogP contribution in [0.5, 0.6) is 11.5 Å². The van der Waals surface area contributed by atoms with Gasteiger partial charge in [0.05, 0.1) is 9.79 Å². The van der Waals surface area contributed by atoms with Crippen molar-refractivity contribution in [2.24, 2.45) is 11.5 Å². The van der Waals surface area contributed by atoms with Crippen LogP contribution >= 0.6 is 0 Å². The molecule has 0 aliphatic heterocycles. The van der Waals surface area contributed by atoms with Crippen LogP contribution in [0.3, 0.4) is 0 Å². The van der Waals surface area contributed by atoms with Crippen LogP contribution in [0.1, 0.15) is 0 Å². The van der Waals surface area contributed by atoms with Crippen molar-refractivity contribution in [3.05, 3.63) is 97.1 Å². The Kier molecular flexibility index (Phi) is 7.21. The van der Waals surface area contributed by atoms with E-state index in [2.05, 4.69) is 0 Å². The summed E-state index contributed by atoms with van der Waals surface area (Å²) in [6.45, 7) is 0. The molecule has 39 heavy (non-hydrogen) atoms. The van der Waals surface area contributed by atoms with Crippen molar-refractivity contribution in [3.63, 3.8) is 0 Å². The van der Waals surface area contributed by atoms with Gasteiger partial charge in [-0.1, -0.05) is 48.6 Å². The number of benzene rings is 2. The molecule has 2 aromatic rings. The van der Waals surface area contributed by atoms with E-state index in [1.165, 1.54) is 48.6 Å². The van der Waals surface area contributed by atoms with E-state index in [-0.39, 0.29) is 21.3 Å². The van der Waals surface area contributed by atoms with Crippen LogP contribution in [0.15, 0.2) is 107 Å². The number of allylic oxidation sites excluding steroid dienone is 4. The van der Waals surface area contributed by atoms with E-state index in [4.69, 9.17) is 20.9 Å². The third-order valence-electron chi connectivity index (χ3n) is 6.22. The zero-order valence-electron chi connectivity index (χ0n) is 19.9. The zero-order chi connectivity index (χ0) is 28.7. The molecule has 0 spiro atoms. The summed E-state index contributed by atoms with van der Waals surface area (Å²) < 4.78 is 119. The van der Waals surface area contributed by atoms with Crippen molar-refractivity contribution in [3.8, 4) is 11.5 Å². The van der Waals surface area contributed by atoms with Crippen molar-refractivity contribution < 1.29 is 44.2 Å². The predicted octanol–water partition coefficient (Wildman–Crippen LogP) is 4.79. The first-order valence-electron chi connectivity index (χ1n) is 11.3. The van der Waals surface area contributed by atoms with Crippen LogP contribution in [0.4, 0.5) is 26.3 Å². The molecular formula is C26H22F6N2O4S. The Balaban J connectivity index is 1.60. The van der Waals surface area contributed by atoms with E-state index in [0.717, 1.165) is 48.6 Å². The molecule has 208 valence electrons. The molecule has 0 fully saturated rings. The summed E-state index contributed by atoms with van der Waals surface area (Å²) in [4.78, 5) is -0.683. The van der Waals surface area contributed by atoms with Crippen LogP contribution in [0.2, 0.25) is 0 Å². The molecule has 4 atom stereocenters. The van der Waals surface area contributed by atoms with Gasteiger partial charge in [0, 0.05) is 0 Å². The predicted molar refractivity (Wildman–Crippen MR) is 130 cm³/mol. The van der Waals surface area contributed by atoms with Crippen molar-refractivity contribution in [1.82, 2.24) is 0 Å². The van der Waals surface area contributed by atoms with Gasteiger partial charge in [0.1, 0.15) is 23.7 Å². The van der Waals surface area contributed by atoms with Gasteiger partial charge >= 0.3 is 12.4 Å². The van der Waals surface area contributed by atoms with Gasteiger partial charge in [-0.25, -0.2) is 8.42 Å². The maximum Gasteiger partial charge on any atom is 0.413 e. The second kappa shape index (κ2) is 9.88. The quantitative estimate of drug-likeness (QED) is 0.483. The van der Waals surface area contributed by atoms with Gasteiger partial charge in [0.25, 0.3) is 0 Å². The molecule has 4 rings (SSSR count). The molecule has 0 bridgehead atoms. The van der Waals surface area contributed by atoms with E-state index >= 15 is 0 Å². The lowest BCUT2D eigenvalue weighted by Gasteiger charge is -2.36. The molecule has 0 radical (unpaired) electrons. The second-order valence-corrected chi connectivity index (χ2v) is 10.8. The highest BCUT2D eigenvalue weighted by molar-refractivity contribution is 7.91. The monoisotopic (exact) mass is 572 g/mol. The van der Waals surface area contributed by atoms with Gasteiger partial charge in [0.15, 0.2) is 11.1 Å². The average Bonchev–Trinajstić information content (AvgIpc) is 2.86. The minimum atomic E-state index is -4.86. The first-order valence-corrected chi connectivity index (χ1v) is 12.8. The molecule has 2 aliphatic rings. The Hall–Kier alpha value is -3.55. The van der Waals surface area contributed by atoms with E-state index in [1.807, 2.05) is 0 Å². The SMILES string of the molecule is NC1(C(F)(F)F)C=CC=CC1Oc1cccc(S(=O)(=O)c2cccc(OC3C=CC=CC3(N)C(F)(F)F)c2)c1. The molecule has 4 unspecified atom stereocenters. The minimum Gasteiger partial charge on any atom is -0.484 e. The lowest BCUT2D eigenvalue weighted by Crippen LogP contribution is -2.62. The van der Waals surface area contributed by atoms with E-state index in [9.17, 15) is 34.8 Å². The molecule has 0 aromatic heterocycles. The van der Waals surface area contributed by atoms with Gasteiger partial charge in [-0.05, 0) is 48.6 Å². The highest BCUT2D eigenvalue weighted by Gasteiger charge is 2.57. The number of alkyl halides is 6. The Morgan fingerprint density at radius 1 is 0.667 bits per heavy atom. The van der Waals surface area contributed by atoms with E-state index in [0.29, 0.717) is 0 Å². The summed E-state index contributed by atoms with van der Waals surface area (Å²) in [6, 6.07) is 9.49. The molecule has 2 aliphatic carbocycles. The number of hydrogen-bond donors (Lipinski definition) is 2. The standard InChI is InChI=1S/C26H22F6N2O4S/c27-25(28,29)23(33)13-3-1-11-21(23)37-17-7-5-9-19(15-17)39(35,36)20-10-6-8-18(16-20)38-22-12-2-4-14-24(22,34)26(30,31)32/h1-16,21-22H,33-34H2. The normalized spacial score (nSPS) is 27.0. The molecule has 0 heterocycles. The molecule has 0 saturated carbocycles. The molecule has 4 N–H and O–H groups in total. The topological polar surface area (TPSA) is 105 Å². The van der Waals surface area contributed by atoms with Gasteiger partial charge in [0.2, 0.25) is 9.84 Å². The fourth-order valence-corrected chi connectivity index (χ4v) is 5.24. The third kappa shape index (κ3) is 5.34. The average molecular weight is 573 g/mol. The fraction of sp³-hybridized carbons (Fsp3) is 0.231. The molecule has 0 saturated heterocycles. The van der Waals surface area contributed by atoms with Crippen LogP contribution in [0, 0.1) is 0 Å². The van der Waals surface area contributed by atoms with Gasteiger partial charge in [-0.3, -0.25) is 0 Å². The van der Waals surface area contributed by atoms with Crippen LogP contribution in [-0.4, -0.2) is 44.1 Å². The first kappa shape index (κ1) is 28.5. The van der Waals surface area contributed by atoms with Gasteiger partial charge in [-0.15, -0.1) is 0 Å². The highest BCUT2D eigenvalue weighted by Crippen LogP contribution is 2.38. The fourth-order valence-electron chi connectivity index (χ4n) is 3.91. The van der Waals surface area contributed by atoms with Gasteiger partial charge in [-0.2, -0.15) is 26.3 Å². The second-order valence-electron chi connectivity index (χ2n) is 8.88. The Morgan fingerprint density at radius 2 is 1.05 bits per heavy atom. The number of hydrogen-bond acceptors (Lipinski definition) is 6. The summed E-state index contributed by atoms with van der Waals surface area (Å²) in [7, 11) is -4.31. The maximum absolute atomic E-state index is 13.6. The van der Waals surface area contributed by atoms with Crippen molar-refractivity contribution in [1.29, 1.82) is 0 Å². The van der Waals surface area contributed by atoms with Crippen LogP contribution < -0.4 is 20.9 Å². The summed E-state index contributed by atoms with van der Waals surface area (Å²) in [5.41, 5.74) is 5.45. The smallest absolute Gasteiger partial charge is 0.413 e. The number of nitrogens with two attached hydrogens (primary N) is 2. The van der Waals surface area contributed by atoms with Crippen LogP contribution in [-0.2, 0) is 9.84 Å². The highest BCUT2D eigenvalue weighted by atomic mass is 32.2. The largest absolute Gasteiger partial charge is 0.484 e. The first-order chi connectivity index (χ1) is 18.1. The van der Waals surface area contributed by atoms with Crippen molar-refractivity contribution >= 4 is 9.84 Å². The summed E-state index contributed by atoms with van der Waals surface area (Å²) >= 11 is 0. The summed E-state index contributed by atoms with van der Waals surface area (Å²) in [6.07, 6.45) is -4.49. The van der Waals surface area contributed by atoms with Crippen LogP contribution in [0.25, 0.3) is 0 Å². The van der Waals surface area contributed by atoms with E-state index < -0.39 is 45.5 Å². The summed E-state index contributed by atoms with van der Waals surface area (Å²) in [5, 5.41) is 0. The third-order valence-corrected chi connectivity index (χ3v) is 7.97. The minimum absolute atomic E-state index is 0.204.